The Morgan fingerprint density at radius 3 is 1.11 bits per heavy atom. The van der Waals surface area contributed by atoms with Crippen molar-refractivity contribution in [3.05, 3.63) is 165 Å². The van der Waals surface area contributed by atoms with Crippen LogP contribution in [0, 0.1) is 81.4 Å². The van der Waals surface area contributed by atoms with Crippen molar-refractivity contribution < 1.29 is 61.5 Å². The highest BCUT2D eigenvalue weighted by atomic mass is 19.2. The van der Waals surface area contributed by atoms with Crippen LogP contribution >= 0.6 is 0 Å². The number of halogens is 14. The summed E-state index contributed by atoms with van der Waals surface area (Å²) in [6, 6.07) is 14.1. The van der Waals surface area contributed by atoms with Crippen molar-refractivity contribution >= 4 is 50.9 Å². The highest BCUT2D eigenvalue weighted by molar-refractivity contribution is 6.01. The zero-order valence-electron chi connectivity index (χ0n) is 31.0. The molecule has 19 heteroatoms. The summed E-state index contributed by atoms with van der Waals surface area (Å²) in [5.74, 6) is -31.9. The van der Waals surface area contributed by atoms with Gasteiger partial charge in [-0.3, -0.25) is 0 Å². The number of hydrogen-bond donors (Lipinski definition) is 4. The molecule has 9 rings (SSSR count). The minimum Gasteiger partial charge on any atom is -0.376 e. The predicted octanol–water partition coefficient (Wildman–Crippen LogP) is 13.3. The third kappa shape index (κ3) is 6.36. The molecule has 4 aromatic carbocycles. The maximum atomic E-state index is 16.4. The standard InChI is InChI=1S/C44H19F14N5/c45-30-27(31(46)37(52)40(55)36(30)51)24-18-8-6-16(60-18)17-7-9-19(61-17)25(29-34(49)42(57)44(43(58)35(29)50)59-14-15-4-2-1-3-5-15)21-11-13-23(63-21)26(22-12-10-20(24)62-22)28-32(47)38(53)41(56)39(54)33(28)48/h1-13,59,61-63H,14H2. The molecule has 0 amide bonds. The Balaban J connectivity index is 1.44. The SMILES string of the molecule is Fc1c(F)c(F)c(-c2c3nc(c4ccc([nH]4)c(-c4c(F)c(F)c(NCc5ccccc5)c(F)c4F)c4ccc([nH]4)c(-c4c(F)c(F)c(F)c(F)c4F)c4ccc2[nH]4)C=C3)c(F)c1F. The summed E-state index contributed by atoms with van der Waals surface area (Å²) < 4.78 is 215. The summed E-state index contributed by atoms with van der Waals surface area (Å²) in [5, 5.41) is 2.33. The maximum Gasteiger partial charge on any atom is 0.200 e. The van der Waals surface area contributed by atoms with Crippen LogP contribution in [0.15, 0.2) is 66.7 Å². The second-order valence-corrected chi connectivity index (χ2v) is 13.9. The number of hydrogen-bond acceptors (Lipinski definition) is 2. The van der Waals surface area contributed by atoms with Crippen LogP contribution < -0.4 is 5.32 Å². The van der Waals surface area contributed by atoms with Crippen LogP contribution in [0.1, 0.15) is 17.0 Å². The van der Waals surface area contributed by atoms with E-state index in [0.29, 0.717) is 5.56 Å². The van der Waals surface area contributed by atoms with E-state index in [1.165, 1.54) is 12.1 Å². The molecule has 0 fully saturated rings. The fourth-order valence-electron chi connectivity index (χ4n) is 7.39. The first-order chi connectivity index (χ1) is 30.1. The second kappa shape index (κ2) is 15.1. The molecule has 0 saturated carbocycles. The summed E-state index contributed by atoms with van der Waals surface area (Å²) in [5.41, 5.74) is -11.1. The van der Waals surface area contributed by atoms with Gasteiger partial charge in [0, 0.05) is 50.8 Å². The van der Waals surface area contributed by atoms with Gasteiger partial charge in [0.05, 0.1) is 33.6 Å². The van der Waals surface area contributed by atoms with E-state index in [9.17, 15) is 26.3 Å². The molecule has 4 aromatic heterocycles. The lowest BCUT2D eigenvalue weighted by Gasteiger charge is -2.14. The number of H-pyrrole nitrogens is 3. The van der Waals surface area contributed by atoms with E-state index >= 15 is 35.1 Å². The van der Waals surface area contributed by atoms with Crippen LogP contribution in [0.2, 0.25) is 0 Å². The highest BCUT2D eigenvalue weighted by Crippen LogP contribution is 2.43. The quantitative estimate of drug-likeness (QED) is 0.0763. The number of aromatic nitrogens is 4. The van der Waals surface area contributed by atoms with E-state index in [-0.39, 0.29) is 23.3 Å². The average Bonchev–Trinajstić information content (AvgIpc) is 4.13. The maximum absolute atomic E-state index is 16.4. The Morgan fingerprint density at radius 1 is 0.333 bits per heavy atom. The number of rotatable bonds is 6. The Morgan fingerprint density at radius 2 is 0.667 bits per heavy atom. The van der Waals surface area contributed by atoms with Crippen molar-refractivity contribution in [2.45, 2.75) is 6.54 Å². The molecule has 0 saturated heterocycles. The molecule has 0 aliphatic carbocycles. The lowest BCUT2D eigenvalue weighted by molar-refractivity contribution is 0.381. The van der Waals surface area contributed by atoms with Crippen molar-refractivity contribution in [3.63, 3.8) is 0 Å². The first kappa shape index (κ1) is 40.8. The van der Waals surface area contributed by atoms with Gasteiger partial charge in [-0.05, 0) is 54.1 Å². The topological polar surface area (TPSA) is 72.3 Å². The van der Waals surface area contributed by atoms with Gasteiger partial charge < -0.3 is 20.3 Å². The molecule has 4 N–H and O–H groups in total. The largest absolute Gasteiger partial charge is 0.376 e. The number of nitrogens with one attached hydrogen (secondary N) is 4. The smallest absolute Gasteiger partial charge is 0.200 e. The van der Waals surface area contributed by atoms with Crippen molar-refractivity contribution in [1.29, 1.82) is 0 Å². The Hall–Kier alpha value is -7.57. The summed E-state index contributed by atoms with van der Waals surface area (Å²) in [6.07, 6.45) is 2.23. The van der Waals surface area contributed by atoms with Crippen LogP contribution in [0.25, 0.3) is 78.6 Å². The summed E-state index contributed by atoms with van der Waals surface area (Å²) in [4.78, 5) is 12.1. The third-order valence-corrected chi connectivity index (χ3v) is 10.3. The molecule has 5 nitrogen and oxygen atoms in total. The Kier molecular flexibility index (Phi) is 9.79. The second-order valence-electron chi connectivity index (χ2n) is 13.9. The molecular weight excluding hydrogens is 864 g/mol. The van der Waals surface area contributed by atoms with Gasteiger partial charge in [-0.1, -0.05) is 30.3 Å². The van der Waals surface area contributed by atoms with E-state index in [1.807, 2.05) is 0 Å². The third-order valence-electron chi connectivity index (χ3n) is 10.3. The fraction of sp³-hybridized carbons (Fsp3) is 0.0227. The number of anilines is 1. The predicted molar refractivity (Wildman–Crippen MR) is 205 cm³/mol. The van der Waals surface area contributed by atoms with Crippen molar-refractivity contribution in [3.8, 4) is 33.4 Å². The molecule has 0 spiro atoms. The molecule has 0 radical (unpaired) electrons. The van der Waals surface area contributed by atoms with Crippen molar-refractivity contribution in [2.75, 3.05) is 5.32 Å². The van der Waals surface area contributed by atoms with Crippen LogP contribution in [0.5, 0.6) is 0 Å². The summed E-state index contributed by atoms with van der Waals surface area (Å²) >= 11 is 0. The van der Waals surface area contributed by atoms with Crippen LogP contribution in [0.4, 0.5) is 67.2 Å². The van der Waals surface area contributed by atoms with Crippen LogP contribution in [0.3, 0.4) is 0 Å². The molecule has 8 aromatic rings. The van der Waals surface area contributed by atoms with Crippen LogP contribution in [-0.4, -0.2) is 19.9 Å². The van der Waals surface area contributed by atoms with Crippen molar-refractivity contribution in [2.24, 2.45) is 0 Å². The van der Waals surface area contributed by atoms with Gasteiger partial charge in [-0.25, -0.2) is 66.4 Å². The van der Waals surface area contributed by atoms with E-state index < -0.39 is 148 Å². The van der Waals surface area contributed by atoms with Gasteiger partial charge in [0.2, 0.25) is 11.6 Å². The summed E-state index contributed by atoms with van der Waals surface area (Å²) in [6.45, 7) is -0.279. The summed E-state index contributed by atoms with van der Waals surface area (Å²) in [7, 11) is 0. The van der Waals surface area contributed by atoms with Gasteiger partial charge >= 0.3 is 0 Å². The van der Waals surface area contributed by atoms with E-state index in [1.54, 1.807) is 30.3 Å². The minimum atomic E-state index is -2.57. The van der Waals surface area contributed by atoms with Gasteiger partial charge in [0.15, 0.2) is 69.8 Å². The lowest BCUT2D eigenvalue weighted by atomic mass is 10.0. The molecule has 8 bridgehead atoms. The van der Waals surface area contributed by atoms with Crippen molar-refractivity contribution in [1.82, 2.24) is 19.9 Å². The number of fused-ring (bicyclic) bond motifs is 9. The van der Waals surface area contributed by atoms with Crippen LogP contribution in [-0.2, 0) is 6.54 Å². The van der Waals surface area contributed by atoms with Gasteiger partial charge in [0.1, 0.15) is 5.69 Å². The van der Waals surface area contributed by atoms with Gasteiger partial charge in [0.25, 0.3) is 0 Å². The number of aromatic amines is 3. The zero-order valence-corrected chi connectivity index (χ0v) is 31.0. The molecule has 0 atom stereocenters. The molecule has 63 heavy (non-hydrogen) atoms. The number of benzene rings is 4. The molecule has 5 heterocycles. The normalized spacial score (nSPS) is 12.0. The van der Waals surface area contributed by atoms with Gasteiger partial charge in [-0.2, -0.15) is 0 Å². The molecular formula is C44H19F14N5. The molecule has 318 valence electrons. The molecule has 0 unspecified atom stereocenters. The molecule has 1 aliphatic heterocycles. The lowest BCUT2D eigenvalue weighted by Crippen LogP contribution is -2.09. The Labute approximate surface area is 342 Å². The average molecular weight is 884 g/mol. The monoisotopic (exact) mass is 883 g/mol. The van der Waals surface area contributed by atoms with E-state index in [2.05, 4.69) is 25.3 Å². The minimum absolute atomic E-state index is 0.0594. The van der Waals surface area contributed by atoms with E-state index in [4.69, 9.17) is 0 Å². The Bertz CT molecular complexity index is 3320. The van der Waals surface area contributed by atoms with E-state index in [0.717, 1.165) is 36.4 Å². The molecule has 1 aliphatic rings. The number of nitrogens with zero attached hydrogens (tertiary/aromatic N) is 1. The zero-order chi connectivity index (χ0) is 44.8. The fourth-order valence-corrected chi connectivity index (χ4v) is 7.39. The highest BCUT2D eigenvalue weighted by Gasteiger charge is 2.32. The first-order valence-corrected chi connectivity index (χ1v) is 18.1. The van der Waals surface area contributed by atoms with Gasteiger partial charge in [-0.15, -0.1) is 0 Å². The first-order valence-electron chi connectivity index (χ1n) is 18.1.